The third kappa shape index (κ3) is 5.72. The molecule has 0 saturated heterocycles. The van der Waals surface area contributed by atoms with Crippen LogP contribution in [0.25, 0.3) is 0 Å². The lowest BCUT2D eigenvalue weighted by Gasteiger charge is -2.09. The van der Waals surface area contributed by atoms with Crippen molar-refractivity contribution in [2.75, 3.05) is 0 Å². The van der Waals surface area contributed by atoms with Crippen molar-refractivity contribution in [3.8, 4) is 5.75 Å². The highest BCUT2D eigenvalue weighted by atomic mass is 35.5. The van der Waals surface area contributed by atoms with Gasteiger partial charge in [0.15, 0.2) is 0 Å². The van der Waals surface area contributed by atoms with Gasteiger partial charge in [0.2, 0.25) is 5.91 Å². The zero-order valence-corrected chi connectivity index (χ0v) is 16.3. The third-order valence-electron chi connectivity index (χ3n) is 4.07. The molecule has 28 heavy (non-hydrogen) atoms. The van der Waals surface area contributed by atoms with Gasteiger partial charge >= 0.3 is 0 Å². The van der Waals surface area contributed by atoms with E-state index in [1.165, 1.54) is 6.21 Å². The van der Waals surface area contributed by atoms with E-state index in [1.807, 2.05) is 49.4 Å². The minimum atomic E-state index is -0.149. The highest BCUT2D eigenvalue weighted by Crippen LogP contribution is 2.28. The molecule has 1 heterocycles. The van der Waals surface area contributed by atoms with Crippen molar-refractivity contribution < 1.29 is 13.9 Å². The van der Waals surface area contributed by atoms with Crippen molar-refractivity contribution >= 4 is 23.7 Å². The fraction of sp³-hybridized carbons (Fsp3) is 0.182. The Bertz CT molecular complexity index is 931. The number of nitrogens with zero attached hydrogens (tertiary/aromatic N) is 1. The summed E-state index contributed by atoms with van der Waals surface area (Å²) >= 11 is 6.15. The van der Waals surface area contributed by atoms with Crippen LogP contribution in [0.1, 0.15) is 29.1 Å². The van der Waals surface area contributed by atoms with Crippen LogP contribution in [0.15, 0.2) is 70.2 Å². The molecule has 0 atom stereocenters. The van der Waals surface area contributed by atoms with E-state index in [4.69, 9.17) is 20.8 Å². The molecule has 1 N–H and O–H groups in total. The van der Waals surface area contributed by atoms with Gasteiger partial charge in [-0.15, -0.1) is 0 Å². The Morgan fingerprint density at radius 3 is 2.75 bits per heavy atom. The van der Waals surface area contributed by atoms with Crippen LogP contribution in [0.4, 0.5) is 0 Å². The Balaban J connectivity index is 1.45. The van der Waals surface area contributed by atoms with Crippen LogP contribution in [0.5, 0.6) is 5.75 Å². The maximum atomic E-state index is 11.8. The van der Waals surface area contributed by atoms with Crippen molar-refractivity contribution in [1.29, 1.82) is 0 Å². The van der Waals surface area contributed by atoms with Crippen molar-refractivity contribution in [3.63, 3.8) is 0 Å². The number of para-hydroxylation sites is 1. The van der Waals surface area contributed by atoms with Gasteiger partial charge in [-0.1, -0.05) is 54.1 Å². The van der Waals surface area contributed by atoms with E-state index >= 15 is 0 Å². The normalized spacial score (nSPS) is 10.9. The molecule has 0 aliphatic rings. The number of benzene rings is 2. The largest absolute Gasteiger partial charge is 0.484 e. The first kappa shape index (κ1) is 19.7. The summed E-state index contributed by atoms with van der Waals surface area (Å²) in [4.78, 5) is 11.8. The molecule has 0 aliphatic carbocycles. The van der Waals surface area contributed by atoms with Crippen molar-refractivity contribution in [3.05, 3.63) is 88.3 Å². The molecule has 0 bridgehead atoms. The predicted octanol–water partition coefficient (Wildman–Crippen LogP) is 4.90. The number of aryl methyl sites for hydroxylation is 2. The second kappa shape index (κ2) is 9.76. The number of halogens is 1. The van der Waals surface area contributed by atoms with E-state index in [2.05, 4.69) is 10.5 Å². The van der Waals surface area contributed by atoms with Gasteiger partial charge in [-0.2, -0.15) is 5.10 Å². The minimum absolute atomic E-state index is 0.149. The molecule has 3 rings (SSSR count). The number of rotatable bonds is 8. The first-order valence-electron chi connectivity index (χ1n) is 8.94. The summed E-state index contributed by atoms with van der Waals surface area (Å²) in [6, 6.07) is 19.0. The molecule has 0 saturated carbocycles. The molecule has 0 aliphatic heterocycles. The number of hydrogen-bond donors (Lipinski definition) is 1. The van der Waals surface area contributed by atoms with Gasteiger partial charge in [0.25, 0.3) is 0 Å². The van der Waals surface area contributed by atoms with Crippen molar-refractivity contribution in [2.45, 2.75) is 26.4 Å². The lowest BCUT2D eigenvalue weighted by Crippen LogP contribution is -2.17. The first-order chi connectivity index (χ1) is 13.6. The second-order valence-corrected chi connectivity index (χ2v) is 6.66. The number of ether oxygens (including phenoxy) is 1. The quantitative estimate of drug-likeness (QED) is 0.435. The molecule has 0 spiro atoms. The summed E-state index contributed by atoms with van der Waals surface area (Å²) in [5.74, 6) is 1.65. The molecule has 2 aromatic carbocycles. The second-order valence-electron chi connectivity index (χ2n) is 6.26. The summed E-state index contributed by atoms with van der Waals surface area (Å²) in [5.41, 5.74) is 4.58. The number of hydrazone groups is 1. The summed E-state index contributed by atoms with van der Waals surface area (Å²) in [6.45, 7) is 2.18. The molecule has 0 unspecified atom stereocenters. The molecule has 5 nitrogen and oxygen atoms in total. The highest BCUT2D eigenvalue weighted by molar-refractivity contribution is 6.32. The number of nitrogens with one attached hydrogen (secondary N) is 1. The van der Waals surface area contributed by atoms with Crippen LogP contribution in [0.2, 0.25) is 5.02 Å². The zero-order chi connectivity index (χ0) is 19.8. The fourth-order valence-electron chi connectivity index (χ4n) is 2.61. The molecule has 0 fully saturated rings. The summed E-state index contributed by atoms with van der Waals surface area (Å²) in [5, 5.41) is 4.50. The summed E-state index contributed by atoms with van der Waals surface area (Å²) in [7, 11) is 0. The molecule has 0 radical (unpaired) electrons. The standard InChI is InChI=1S/C22H21ClN2O3/c1-16-6-5-9-20(23)22(16)27-15-19-12-11-18(28-19)14-24-25-21(26)13-10-17-7-3-2-4-8-17/h2-9,11-12,14H,10,13,15H2,1H3,(H,25,26)/b24-14-. The van der Waals surface area contributed by atoms with Gasteiger partial charge in [0.05, 0.1) is 11.2 Å². The smallest absolute Gasteiger partial charge is 0.240 e. The Kier molecular flexibility index (Phi) is 6.87. The fourth-order valence-corrected chi connectivity index (χ4v) is 2.89. The highest BCUT2D eigenvalue weighted by Gasteiger charge is 2.07. The lowest BCUT2D eigenvalue weighted by atomic mass is 10.1. The third-order valence-corrected chi connectivity index (χ3v) is 4.37. The Hall–Kier alpha value is -3.05. The van der Waals surface area contributed by atoms with Gasteiger partial charge in [-0.05, 0) is 42.7 Å². The molecule has 6 heteroatoms. The average molecular weight is 397 g/mol. The zero-order valence-electron chi connectivity index (χ0n) is 15.5. The number of carbonyl (C=O) groups is 1. The summed E-state index contributed by atoms with van der Waals surface area (Å²) < 4.78 is 11.4. The van der Waals surface area contributed by atoms with Crippen LogP contribution in [0, 0.1) is 6.92 Å². The average Bonchev–Trinajstić information content (AvgIpc) is 3.14. The number of hydrogen-bond acceptors (Lipinski definition) is 4. The molecule has 144 valence electrons. The van der Waals surface area contributed by atoms with Crippen molar-refractivity contribution in [2.24, 2.45) is 5.10 Å². The van der Waals surface area contributed by atoms with Crippen LogP contribution in [0.3, 0.4) is 0 Å². The monoisotopic (exact) mass is 396 g/mol. The molecule has 1 aromatic heterocycles. The first-order valence-corrected chi connectivity index (χ1v) is 9.32. The number of furan rings is 1. The Morgan fingerprint density at radius 2 is 1.96 bits per heavy atom. The molecule has 3 aromatic rings. The predicted molar refractivity (Wildman–Crippen MR) is 110 cm³/mol. The molecular weight excluding hydrogens is 376 g/mol. The maximum absolute atomic E-state index is 11.8. The SMILES string of the molecule is Cc1cccc(Cl)c1OCc1ccc(/C=N\NC(=O)CCc2ccccc2)o1. The number of amides is 1. The van der Waals surface area contributed by atoms with Gasteiger partial charge < -0.3 is 9.15 Å². The van der Waals surface area contributed by atoms with Gasteiger partial charge in [-0.25, -0.2) is 5.43 Å². The van der Waals surface area contributed by atoms with E-state index in [0.29, 0.717) is 35.1 Å². The maximum Gasteiger partial charge on any atom is 0.240 e. The lowest BCUT2D eigenvalue weighted by molar-refractivity contribution is -0.121. The van der Waals surface area contributed by atoms with Crippen LogP contribution in [-0.4, -0.2) is 12.1 Å². The van der Waals surface area contributed by atoms with E-state index in [9.17, 15) is 4.79 Å². The molecule has 1 amide bonds. The summed E-state index contributed by atoms with van der Waals surface area (Å²) in [6.07, 6.45) is 2.51. The van der Waals surface area contributed by atoms with Crippen LogP contribution < -0.4 is 10.2 Å². The van der Waals surface area contributed by atoms with E-state index in [1.54, 1.807) is 18.2 Å². The van der Waals surface area contributed by atoms with Gasteiger partial charge in [-0.3, -0.25) is 4.79 Å². The van der Waals surface area contributed by atoms with E-state index < -0.39 is 0 Å². The molecular formula is C22H21ClN2O3. The van der Waals surface area contributed by atoms with Crippen LogP contribution >= 0.6 is 11.6 Å². The van der Waals surface area contributed by atoms with E-state index in [0.717, 1.165) is 11.1 Å². The Labute approximate surface area is 169 Å². The van der Waals surface area contributed by atoms with Crippen molar-refractivity contribution in [1.82, 2.24) is 5.43 Å². The van der Waals surface area contributed by atoms with Gasteiger partial charge in [0.1, 0.15) is 23.9 Å². The minimum Gasteiger partial charge on any atom is -0.484 e. The van der Waals surface area contributed by atoms with Gasteiger partial charge in [0, 0.05) is 6.42 Å². The van der Waals surface area contributed by atoms with E-state index in [-0.39, 0.29) is 12.5 Å². The number of carbonyl (C=O) groups excluding carboxylic acids is 1. The topological polar surface area (TPSA) is 63.8 Å². The Morgan fingerprint density at radius 1 is 1.14 bits per heavy atom. The van der Waals surface area contributed by atoms with Crippen LogP contribution in [-0.2, 0) is 17.8 Å².